The molecule has 1 aromatic heterocycles. The molecule has 1 N–H and O–H groups in total. The monoisotopic (exact) mass is 473 g/mol. The number of likely N-dealkylation sites (tertiary alicyclic amines) is 1. The number of hydrogen-bond acceptors (Lipinski definition) is 4. The molecule has 2 aromatic carbocycles. The highest BCUT2D eigenvalue weighted by Crippen LogP contribution is 2.41. The van der Waals surface area contributed by atoms with Crippen molar-refractivity contribution in [3.05, 3.63) is 70.2 Å². The third-order valence-electron chi connectivity index (χ3n) is 7.55. The summed E-state index contributed by atoms with van der Waals surface area (Å²) in [4.78, 5) is 18.8. The van der Waals surface area contributed by atoms with Crippen molar-refractivity contribution in [3.63, 3.8) is 0 Å². The molecule has 1 aliphatic carbocycles. The fourth-order valence-corrected chi connectivity index (χ4v) is 6.28. The summed E-state index contributed by atoms with van der Waals surface area (Å²) >= 11 is 6.99. The van der Waals surface area contributed by atoms with Crippen molar-refractivity contribution in [3.8, 4) is 28.3 Å². The lowest BCUT2D eigenvalue weighted by molar-refractivity contribution is -0.120. The Morgan fingerprint density at radius 2 is 1.85 bits per heavy atom. The van der Waals surface area contributed by atoms with Crippen LogP contribution in [-0.4, -0.2) is 42.5 Å². The van der Waals surface area contributed by atoms with E-state index in [0.29, 0.717) is 12.3 Å². The van der Waals surface area contributed by atoms with E-state index in [9.17, 15) is 4.79 Å². The van der Waals surface area contributed by atoms with Crippen LogP contribution in [0.3, 0.4) is 0 Å². The molecule has 3 heterocycles. The van der Waals surface area contributed by atoms with Crippen molar-refractivity contribution >= 4 is 17.5 Å². The lowest BCUT2D eigenvalue weighted by Gasteiger charge is -2.47. The van der Waals surface area contributed by atoms with Gasteiger partial charge in [0.15, 0.2) is 0 Å². The van der Waals surface area contributed by atoms with E-state index in [1.54, 1.807) is 7.11 Å². The summed E-state index contributed by atoms with van der Waals surface area (Å²) in [5.74, 6) is 0.795. The molecule has 174 valence electrons. The molecule has 1 spiro atoms. The number of benzene rings is 2. The molecule has 3 aromatic rings. The zero-order valence-electron chi connectivity index (χ0n) is 19.4. The van der Waals surface area contributed by atoms with Crippen LogP contribution in [0.15, 0.2) is 48.5 Å². The van der Waals surface area contributed by atoms with Gasteiger partial charge in [-0.3, -0.25) is 9.69 Å². The second kappa shape index (κ2) is 8.40. The highest BCUT2D eigenvalue weighted by Gasteiger charge is 2.47. The summed E-state index contributed by atoms with van der Waals surface area (Å²) in [6, 6.07) is 16.9. The van der Waals surface area contributed by atoms with Gasteiger partial charge in [-0.2, -0.15) is 0 Å². The number of methoxy groups -OCH3 is 1. The van der Waals surface area contributed by atoms with E-state index in [2.05, 4.69) is 46.6 Å². The average Bonchev–Trinajstić information content (AvgIpc) is 3.46. The van der Waals surface area contributed by atoms with Gasteiger partial charge in [0, 0.05) is 54.7 Å². The van der Waals surface area contributed by atoms with Crippen molar-refractivity contribution in [2.75, 3.05) is 26.7 Å². The van der Waals surface area contributed by atoms with Crippen LogP contribution in [0.5, 0.6) is 5.88 Å². The largest absolute Gasteiger partial charge is 0.481 e. The number of halogens is 1. The molecule has 3 aliphatic rings. The Morgan fingerprint density at radius 3 is 2.65 bits per heavy atom. The minimum Gasteiger partial charge on any atom is -0.481 e. The zero-order valence-corrected chi connectivity index (χ0v) is 20.1. The van der Waals surface area contributed by atoms with Gasteiger partial charge in [0.2, 0.25) is 11.8 Å². The number of hydrogen-bond donors (Lipinski definition) is 1. The maximum absolute atomic E-state index is 11.6. The van der Waals surface area contributed by atoms with E-state index in [1.807, 2.05) is 12.1 Å². The first-order chi connectivity index (χ1) is 16.5. The number of ether oxygens (including phenoxy) is 1. The second-order valence-corrected chi connectivity index (χ2v) is 10.3. The van der Waals surface area contributed by atoms with Gasteiger partial charge in [-0.1, -0.05) is 54.1 Å². The molecule has 2 fully saturated rings. The van der Waals surface area contributed by atoms with Gasteiger partial charge >= 0.3 is 0 Å². The van der Waals surface area contributed by atoms with Gasteiger partial charge < -0.3 is 10.1 Å². The summed E-state index contributed by atoms with van der Waals surface area (Å²) in [5.41, 5.74) is 8.05. The third kappa shape index (κ3) is 3.68. The van der Waals surface area contributed by atoms with Crippen LogP contribution in [0.25, 0.3) is 22.4 Å². The highest BCUT2D eigenvalue weighted by molar-refractivity contribution is 6.36. The molecular formula is C28H28ClN3O2. The van der Waals surface area contributed by atoms with Crippen molar-refractivity contribution in [2.45, 2.75) is 32.2 Å². The topological polar surface area (TPSA) is 54.5 Å². The van der Waals surface area contributed by atoms with Crippen LogP contribution < -0.4 is 10.1 Å². The lowest BCUT2D eigenvalue weighted by Crippen LogP contribution is -2.56. The molecule has 1 amide bonds. The number of carbonyl (C=O) groups excluding carboxylic acids is 1. The van der Waals surface area contributed by atoms with Crippen LogP contribution in [0.1, 0.15) is 29.5 Å². The molecule has 0 atom stereocenters. The third-order valence-corrected chi connectivity index (χ3v) is 7.96. The molecule has 0 saturated carbocycles. The predicted molar refractivity (Wildman–Crippen MR) is 134 cm³/mol. The summed E-state index contributed by atoms with van der Waals surface area (Å²) in [6.07, 6.45) is 4.09. The molecule has 6 heteroatoms. The Hall–Kier alpha value is -2.89. The number of amides is 1. The Kier molecular flexibility index (Phi) is 5.34. The first-order valence-corrected chi connectivity index (χ1v) is 12.4. The van der Waals surface area contributed by atoms with Gasteiger partial charge in [0.05, 0.1) is 17.8 Å². The Bertz CT molecular complexity index is 1280. The Labute approximate surface area is 205 Å². The molecule has 34 heavy (non-hydrogen) atoms. The molecule has 0 radical (unpaired) electrons. The smallest absolute Gasteiger partial charge is 0.220 e. The van der Waals surface area contributed by atoms with E-state index in [0.717, 1.165) is 66.4 Å². The molecule has 2 saturated heterocycles. The second-order valence-electron chi connectivity index (χ2n) is 9.93. The highest BCUT2D eigenvalue weighted by atomic mass is 35.5. The molecule has 5 nitrogen and oxygen atoms in total. The first-order valence-electron chi connectivity index (χ1n) is 12.0. The van der Waals surface area contributed by atoms with E-state index >= 15 is 0 Å². The van der Waals surface area contributed by atoms with E-state index in [4.69, 9.17) is 21.3 Å². The molecular weight excluding hydrogens is 446 g/mol. The SMILES string of the molecule is COc1nc(-c2cccc(-c3cccc4c3CCC4)c2Cl)ccc1CN1CC2(CNC(=O)C2)C1. The van der Waals surface area contributed by atoms with E-state index in [-0.39, 0.29) is 11.3 Å². The Balaban J connectivity index is 1.27. The number of nitrogens with zero attached hydrogens (tertiary/aromatic N) is 2. The number of aryl methyl sites for hydroxylation is 1. The van der Waals surface area contributed by atoms with E-state index in [1.165, 1.54) is 23.1 Å². The van der Waals surface area contributed by atoms with Crippen molar-refractivity contribution in [1.82, 2.24) is 15.2 Å². The van der Waals surface area contributed by atoms with E-state index < -0.39 is 0 Å². The Morgan fingerprint density at radius 1 is 1.06 bits per heavy atom. The fraction of sp³-hybridized carbons (Fsp3) is 0.357. The number of nitrogens with one attached hydrogen (secondary N) is 1. The lowest BCUT2D eigenvalue weighted by atomic mass is 9.79. The van der Waals surface area contributed by atoms with Crippen molar-refractivity contribution in [2.24, 2.45) is 5.41 Å². The fourth-order valence-electron chi connectivity index (χ4n) is 5.96. The minimum absolute atomic E-state index is 0.114. The molecule has 2 aliphatic heterocycles. The molecule has 0 unspecified atom stereocenters. The van der Waals surface area contributed by atoms with Crippen molar-refractivity contribution in [1.29, 1.82) is 0 Å². The maximum Gasteiger partial charge on any atom is 0.220 e. The predicted octanol–water partition coefficient (Wildman–Crippen LogP) is 4.89. The van der Waals surface area contributed by atoms with Gasteiger partial charge in [0.25, 0.3) is 0 Å². The van der Waals surface area contributed by atoms with Crippen LogP contribution in [-0.2, 0) is 24.2 Å². The summed E-state index contributed by atoms with van der Waals surface area (Å²) in [6.45, 7) is 3.39. The number of aromatic nitrogens is 1. The van der Waals surface area contributed by atoms with Gasteiger partial charge in [-0.15, -0.1) is 0 Å². The number of fused-ring (bicyclic) bond motifs is 1. The standard InChI is InChI=1S/C28H28ClN3O2/c1-34-27-19(14-32-16-28(17-32)13-25(33)30-15-28)11-12-24(31-27)23-10-4-9-22(26(23)29)21-8-3-6-18-5-2-7-20(18)21/h3-4,6,8-12H,2,5,7,13-17H2,1H3,(H,30,33). The van der Waals surface area contributed by atoms with Gasteiger partial charge in [-0.25, -0.2) is 4.98 Å². The number of carbonyl (C=O) groups is 1. The normalized spacial score (nSPS) is 18.6. The first kappa shape index (κ1) is 21.6. The maximum atomic E-state index is 11.6. The zero-order chi connectivity index (χ0) is 23.3. The van der Waals surface area contributed by atoms with Crippen LogP contribution in [0.2, 0.25) is 5.02 Å². The molecule has 6 rings (SSSR count). The van der Waals surface area contributed by atoms with Crippen LogP contribution in [0, 0.1) is 5.41 Å². The number of rotatable bonds is 5. The van der Waals surface area contributed by atoms with Crippen LogP contribution in [0.4, 0.5) is 0 Å². The summed E-state index contributed by atoms with van der Waals surface area (Å²) < 4.78 is 5.68. The summed E-state index contributed by atoms with van der Waals surface area (Å²) in [7, 11) is 1.66. The summed E-state index contributed by atoms with van der Waals surface area (Å²) in [5, 5.41) is 3.69. The van der Waals surface area contributed by atoms with Gasteiger partial charge in [0.1, 0.15) is 0 Å². The minimum atomic E-state index is 0.114. The average molecular weight is 474 g/mol. The van der Waals surface area contributed by atoms with Crippen LogP contribution >= 0.6 is 11.6 Å². The number of pyridine rings is 1. The van der Waals surface area contributed by atoms with Crippen molar-refractivity contribution < 1.29 is 9.53 Å². The molecule has 0 bridgehead atoms. The van der Waals surface area contributed by atoms with Gasteiger partial charge in [-0.05, 0) is 42.0 Å². The quantitative estimate of drug-likeness (QED) is 0.573.